The molecule has 0 unspecified atom stereocenters. The quantitative estimate of drug-likeness (QED) is 0.868. The molecule has 3 atom stereocenters. The van der Waals surface area contributed by atoms with Gasteiger partial charge in [-0.3, -0.25) is 4.90 Å². The molecule has 4 rings (SSSR count). The molecule has 2 saturated heterocycles. The largest absolute Gasteiger partial charge is 0.497 e. The van der Waals surface area contributed by atoms with E-state index in [1.54, 1.807) is 7.11 Å². The third-order valence-electron chi connectivity index (χ3n) is 5.46. The summed E-state index contributed by atoms with van der Waals surface area (Å²) in [6, 6.07) is 13.1. The van der Waals surface area contributed by atoms with Crippen molar-refractivity contribution < 1.29 is 4.74 Å². The number of benzene rings is 1. The minimum Gasteiger partial charge on any atom is -0.497 e. The van der Waals surface area contributed by atoms with Crippen LogP contribution < -0.4 is 9.64 Å². The van der Waals surface area contributed by atoms with Crippen LogP contribution in [0.5, 0.6) is 5.75 Å². The van der Waals surface area contributed by atoms with Crippen molar-refractivity contribution in [3.8, 4) is 5.75 Å². The lowest BCUT2D eigenvalue weighted by Gasteiger charge is -2.27. The zero-order valence-corrected chi connectivity index (χ0v) is 14.5. The highest BCUT2D eigenvalue weighted by atomic mass is 16.5. The maximum atomic E-state index is 5.29. The molecular weight excluding hydrogens is 300 g/mol. The van der Waals surface area contributed by atoms with E-state index in [0.29, 0.717) is 17.9 Å². The number of anilines is 1. The fraction of sp³-hybridized carbons (Fsp3) is 0.474. The molecule has 1 aromatic heterocycles. The molecule has 24 heavy (non-hydrogen) atoms. The van der Waals surface area contributed by atoms with E-state index in [1.807, 2.05) is 13.0 Å². The van der Waals surface area contributed by atoms with Crippen molar-refractivity contribution in [2.24, 2.45) is 11.8 Å². The van der Waals surface area contributed by atoms with E-state index in [0.717, 1.165) is 36.9 Å². The number of nitrogens with zero attached hydrogens (tertiary/aromatic N) is 4. The Balaban J connectivity index is 1.55. The van der Waals surface area contributed by atoms with Crippen molar-refractivity contribution >= 4 is 5.82 Å². The molecule has 5 heteroatoms. The molecular formula is C19H24N4O. The lowest BCUT2D eigenvalue weighted by molar-refractivity contribution is 0.279. The second kappa shape index (κ2) is 6.06. The summed E-state index contributed by atoms with van der Waals surface area (Å²) in [5.74, 6) is 3.24. The first-order chi connectivity index (χ1) is 11.7. The third kappa shape index (κ3) is 2.63. The van der Waals surface area contributed by atoms with Gasteiger partial charge in [0.15, 0.2) is 5.82 Å². The van der Waals surface area contributed by atoms with E-state index in [2.05, 4.69) is 57.4 Å². The number of hydrogen-bond acceptors (Lipinski definition) is 5. The number of rotatable bonds is 3. The molecule has 2 aliphatic rings. The molecule has 1 aromatic carbocycles. The van der Waals surface area contributed by atoms with Crippen molar-refractivity contribution in [1.82, 2.24) is 15.1 Å². The minimum atomic E-state index is 0.462. The first-order valence-electron chi connectivity index (χ1n) is 8.55. The fourth-order valence-electron chi connectivity index (χ4n) is 4.31. The second-order valence-corrected chi connectivity index (χ2v) is 7.02. The van der Waals surface area contributed by atoms with E-state index in [-0.39, 0.29) is 0 Å². The van der Waals surface area contributed by atoms with Crippen LogP contribution in [0.15, 0.2) is 36.4 Å². The highest BCUT2D eigenvalue weighted by Gasteiger charge is 2.46. The molecule has 126 valence electrons. The van der Waals surface area contributed by atoms with Crippen LogP contribution in [0.3, 0.4) is 0 Å². The summed E-state index contributed by atoms with van der Waals surface area (Å²) in [4.78, 5) is 4.89. The zero-order valence-electron chi connectivity index (χ0n) is 14.5. The van der Waals surface area contributed by atoms with Crippen LogP contribution in [0.2, 0.25) is 0 Å². The molecule has 0 aliphatic carbocycles. The standard InChI is InChI=1S/C19H24N4O/c1-13-4-9-18(21-20-13)23-11-15-10-22(2)19(17(15)12-23)14-5-7-16(24-3)8-6-14/h4-9,15,17,19H,10-12H2,1-3H3/t15-,17+,19-/m0/s1. The van der Waals surface area contributed by atoms with Crippen molar-refractivity contribution in [2.45, 2.75) is 13.0 Å². The van der Waals surface area contributed by atoms with E-state index in [9.17, 15) is 0 Å². The average molecular weight is 324 g/mol. The zero-order chi connectivity index (χ0) is 16.7. The van der Waals surface area contributed by atoms with Crippen molar-refractivity contribution in [2.75, 3.05) is 38.7 Å². The molecule has 0 spiro atoms. The summed E-state index contributed by atoms with van der Waals surface area (Å²) < 4.78 is 5.29. The monoisotopic (exact) mass is 324 g/mol. The van der Waals surface area contributed by atoms with Crippen LogP contribution >= 0.6 is 0 Å². The van der Waals surface area contributed by atoms with Crippen LogP contribution in [-0.2, 0) is 0 Å². The van der Waals surface area contributed by atoms with Gasteiger partial charge in [-0.1, -0.05) is 12.1 Å². The van der Waals surface area contributed by atoms with Crippen molar-refractivity contribution in [3.05, 3.63) is 47.7 Å². The van der Waals surface area contributed by atoms with Gasteiger partial charge in [-0.05, 0) is 49.7 Å². The van der Waals surface area contributed by atoms with Gasteiger partial charge in [-0.25, -0.2) is 0 Å². The summed E-state index contributed by atoms with van der Waals surface area (Å²) in [5.41, 5.74) is 2.34. The van der Waals surface area contributed by atoms with Crippen molar-refractivity contribution in [1.29, 1.82) is 0 Å². The lowest BCUT2D eigenvalue weighted by atomic mass is 9.89. The lowest BCUT2D eigenvalue weighted by Crippen LogP contribution is -2.29. The molecule has 0 bridgehead atoms. The number of methoxy groups -OCH3 is 1. The van der Waals surface area contributed by atoms with E-state index >= 15 is 0 Å². The van der Waals surface area contributed by atoms with E-state index in [1.165, 1.54) is 5.56 Å². The van der Waals surface area contributed by atoms with Crippen LogP contribution in [0, 0.1) is 18.8 Å². The van der Waals surface area contributed by atoms with Gasteiger partial charge in [0.2, 0.25) is 0 Å². The fourth-order valence-corrected chi connectivity index (χ4v) is 4.31. The Morgan fingerprint density at radius 1 is 1.00 bits per heavy atom. The molecule has 0 amide bonds. The SMILES string of the molecule is COc1ccc([C@H]2[C@@H]3CN(c4ccc(C)nn4)C[C@@H]3CN2C)cc1. The first-order valence-corrected chi connectivity index (χ1v) is 8.55. The summed E-state index contributed by atoms with van der Waals surface area (Å²) in [5, 5.41) is 8.59. The van der Waals surface area contributed by atoms with Crippen LogP contribution in [0.25, 0.3) is 0 Å². The number of likely N-dealkylation sites (tertiary alicyclic amines) is 1. The predicted octanol–water partition coefficient (Wildman–Crippen LogP) is 2.53. The smallest absolute Gasteiger partial charge is 0.151 e. The highest BCUT2D eigenvalue weighted by molar-refractivity contribution is 5.41. The van der Waals surface area contributed by atoms with Crippen LogP contribution in [0.4, 0.5) is 5.82 Å². The third-order valence-corrected chi connectivity index (χ3v) is 5.46. The van der Waals surface area contributed by atoms with Gasteiger partial charge in [0.05, 0.1) is 12.8 Å². The summed E-state index contributed by atoms with van der Waals surface area (Å²) in [6.07, 6.45) is 0. The molecule has 0 N–H and O–H groups in total. The molecule has 2 fully saturated rings. The normalized spacial score (nSPS) is 26.6. The topological polar surface area (TPSA) is 41.5 Å². The van der Waals surface area contributed by atoms with Gasteiger partial charge in [-0.15, -0.1) is 5.10 Å². The Kier molecular flexibility index (Phi) is 3.88. The summed E-state index contributed by atoms with van der Waals surface area (Å²) in [6.45, 7) is 5.23. The maximum absolute atomic E-state index is 5.29. The number of aryl methyl sites for hydroxylation is 1. The van der Waals surface area contributed by atoms with Gasteiger partial charge in [0.1, 0.15) is 5.75 Å². The molecule has 5 nitrogen and oxygen atoms in total. The van der Waals surface area contributed by atoms with Gasteiger partial charge in [-0.2, -0.15) is 5.10 Å². The number of hydrogen-bond donors (Lipinski definition) is 0. The molecule has 0 saturated carbocycles. The van der Waals surface area contributed by atoms with Gasteiger partial charge in [0, 0.05) is 31.6 Å². The van der Waals surface area contributed by atoms with Crippen molar-refractivity contribution in [3.63, 3.8) is 0 Å². The van der Waals surface area contributed by atoms with Gasteiger partial charge in [0.25, 0.3) is 0 Å². The molecule has 2 aromatic rings. The Morgan fingerprint density at radius 3 is 2.46 bits per heavy atom. The molecule has 0 radical (unpaired) electrons. The predicted molar refractivity (Wildman–Crippen MR) is 94.3 cm³/mol. The highest BCUT2D eigenvalue weighted by Crippen LogP contribution is 2.44. The Hall–Kier alpha value is -2.14. The Morgan fingerprint density at radius 2 is 1.79 bits per heavy atom. The first kappa shape index (κ1) is 15.4. The van der Waals surface area contributed by atoms with Crippen LogP contribution in [-0.4, -0.2) is 48.9 Å². The minimum absolute atomic E-state index is 0.462. The Labute approximate surface area is 143 Å². The van der Waals surface area contributed by atoms with Gasteiger partial charge < -0.3 is 9.64 Å². The van der Waals surface area contributed by atoms with E-state index in [4.69, 9.17) is 4.74 Å². The molecule has 3 heterocycles. The number of ether oxygens (including phenoxy) is 1. The summed E-state index contributed by atoms with van der Waals surface area (Å²) in [7, 11) is 3.95. The number of fused-ring (bicyclic) bond motifs is 1. The van der Waals surface area contributed by atoms with E-state index < -0.39 is 0 Å². The number of aromatic nitrogens is 2. The average Bonchev–Trinajstić information content (AvgIpc) is 3.12. The van der Waals surface area contributed by atoms with Crippen LogP contribution in [0.1, 0.15) is 17.3 Å². The summed E-state index contributed by atoms with van der Waals surface area (Å²) >= 11 is 0. The second-order valence-electron chi connectivity index (χ2n) is 7.02. The molecule has 2 aliphatic heterocycles. The maximum Gasteiger partial charge on any atom is 0.151 e. The Bertz CT molecular complexity index is 700. The van der Waals surface area contributed by atoms with Gasteiger partial charge >= 0.3 is 0 Å².